The Labute approximate surface area is 126 Å². The Morgan fingerprint density at radius 1 is 1.48 bits per heavy atom. The number of aliphatic carboxylic acids is 1. The van der Waals surface area contributed by atoms with Crippen LogP contribution in [0, 0.1) is 11.7 Å². The van der Waals surface area contributed by atoms with Crippen molar-refractivity contribution in [1.29, 1.82) is 0 Å². The van der Waals surface area contributed by atoms with Gasteiger partial charge in [0.05, 0.1) is 17.5 Å². The minimum absolute atomic E-state index is 0.0484. The summed E-state index contributed by atoms with van der Waals surface area (Å²) in [5, 5.41) is 11.5. The number of allylic oxidation sites excluding steroid dienone is 1. The maximum absolute atomic E-state index is 13.5. The van der Waals surface area contributed by atoms with Gasteiger partial charge in [0.25, 0.3) is 0 Å². The molecule has 0 unspecified atom stereocenters. The van der Waals surface area contributed by atoms with Gasteiger partial charge in [-0.1, -0.05) is 23.7 Å². The van der Waals surface area contributed by atoms with Gasteiger partial charge in [-0.25, -0.2) is 4.39 Å². The lowest BCUT2D eigenvalue weighted by Gasteiger charge is -2.16. The molecule has 1 saturated carbocycles. The van der Waals surface area contributed by atoms with Gasteiger partial charge < -0.3 is 10.4 Å². The van der Waals surface area contributed by atoms with Gasteiger partial charge in [-0.2, -0.15) is 0 Å². The van der Waals surface area contributed by atoms with Gasteiger partial charge in [0.15, 0.2) is 0 Å². The minimum atomic E-state index is -1.08. The molecule has 1 atom stereocenters. The van der Waals surface area contributed by atoms with E-state index in [4.69, 9.17) is 16.7 Å². The van der Waals surface area contributed by atoms with E-state index in [1.165, 1.54) is 18.2 Å². The molecule has 2 N–H and O–H groups in total. The topological polar surface area (TPSA) is 66.4 Å². The van der Waals surface area contributed by atoms with Crippen LogP contribution < -0.4 is 5.32 Å². The average molecular weight is 312 g/mol. The van der Waals surface area contributed by atoms with Gasteiger partial charge >= 0.3 is 5.97 Å². The van der Waals surface area contributed by atoms with Crippen LogP contribution in [0.25, 0.3) is 0 Å². The third-order valence-electron chi connectivity index (χ3n) is 3.18. The lowest BCUT2D eigenvalue weighted by atomic mass is 10.0. The summed E-state index contributed by atoms with van der Waals surface area (Å²) in [4.78, 5) is 22.7. The Morgan fingerprint density at radius 2 is 2.19 bits per heavy atom. The molecule has 2 rings (SSSR count). The van der Waals surface area contributed by atoms with E-state index in [1.54, 1.807) is 6.08 Å². The number of amides is 1. The minimum Gasteiger partial charge on any atom is -0.481 e. The quantitative estimate of drug-likeness (QED) is 0.793. The van der Waals surface area contributed by atoms with Gasteiger partial charge in [-0.3, -0.25) is 9.59 Å². The number of carbonyl (C=O) groups excluding carboxylic acids is 1. The first-order valence-corrected chi connectivity index (χ1v) is 6.99. The molecule has 0 aliphatic heterocycles. The Balaban J connectivity index is 2.10. The molecule has 21 heavy (non-hydrogen) atoms. The number of carboxylic acid groups (broad SMARTS) is 1. The second kappa shape index (κ2) is 6.72. The van der Waals surface area contributed by atoms with E-state index in [0.717, 1.165) is 18.9 Å². The molecule has 4 nitrogen and oxygen atoms in total. The Bertz CT molecular complexity index is 584. The number of rotatable bonds is 6. The predicted octanol–water partition coefficient (Wildman–Crippen LogP) is 3.08. The van der Waals surface area contributed by atoms with Crippen molar-refractivity contribution in [3.63, 3.8) is 0 Å². The number of carboxylic acids is 1. The van der Waals surface area contributed by atoms with Crippen LogP contribution in [-0.2, 0) is 9.59 Å². The second-order valence-electron chi connectivity index (χ2n) is 5.03. The van der Waals surface area contributed by atoms with Gasteiger partial charge in [0.1, 0.15) is 5.82 Å². The number of hydrogen-bond acceptors (Lipinski definition) is 2. The van der Waals surface area contributed by atoms with Crippen molar-refractivity contribution >= 4 is 23.5 Å². The largest absolute Gasteiger partial charge is 0.481 e. The van der Waals surface area contributed by atoms with E-state index in [-0.39, 0.29) is 17.4 Å². The molecule has 0 heterocycles. The van der Waals surface area contributed by atoms with E-state index in [2.05, 4.69) is 5.32 Å². The molecule has 1 aromatic carbocycles. The van der Waals surface area contributed by atoms with Crippen molar-refractivity contribution in [2.45, 2.75) is 25.3 Å². The van der Waals surface area contributed by atoms with Crippen LogP contribution in [0.3, 0.4) is 0 Å². The fraction of sp³-hybridized carbons (Fsp3) is 0.333. The first kappa shape index (κ1) is 15.5. The van der Waals surface area contributed by atoms with Crippen LogP contribution in [-0.4, -0.2) is 17.0 Å². The van der Waals surface area contributed by atoms with Crippen LogP contribution in [0.2, 0.25) is 5.02 Å². The van der Waals surface area contributed by atoms with Gasteiger partial charge in [-0.05, 0) is 42.5 Å². The average Bonchev–Trinajstić information content (AvgIpc) is 3.22. The van der Waals surface area contributed by atoms with Crippen molar-refractivity contribution in [3.05, 3.63) is 46.8 Å². The van der Waals surface area contributed by atoms with Crippen molar-refractivity contribution in [1.82, 2.24) is 5.32 Å². The zero-order valence-corrected chi connectivity index (χ0v) is 11.9. The van der Waals surface area contributed by atoms with Crippen LogP contribution >= 0.6 is 11.6 Å². The number of hydrogen-bond donors (Lipinski definition) is 2. The molecular weight excluding hydrogens is 297 g/mol. The van der Waals surface area contributed by atoms with Gasteiger partial charge in [-0.15, -0.1) is 0 Å². The number of halogens is 2. The number of benzene rings is 1. The normalized spacial score (nSPS) is 15.9. The number of carbonyl (C=O) groups is 2. The zero-order valence-electron chi connectivity index (χ0n) is 11.2. The number of nitrogens with one attached hydrogen (secondary N) is 1. The van der Waals surface area contributed by atoms with Gasteiger partial charge in [0, 0.05) is 0 Å². The smallest absolute Gasteiger partial charge is 0.305 e. The van der Waals surface area contributed by atoms with Crippen molar-refractivity contribution in [2.75, 3.05) is 0 Å². The van der Waals surface area contributed by atoms with E-state index < -0.39 is 17.8 Å². The third kappa shape index (κ3) is 4.86. The van der Waals surface area contributed by atoms with E-state index in [0.29, 0.717) is 11.5 Å². The molecule has 0 aromatic heterocycles. The monoisotopic (exact) mass is 311 g/mol. The molecule has 6 heteroatoms. The lowest BCUT2D eigenvalue weighted by Crippen LogP contribution is -2.28. The lowest BCUT2D eigenvalue weighted by molar-refractivity contribution is -0.137. The maximum Gasteiger partial charge on any atom is 0.305 e. The van der Waals surface area contributed by atoms with Crippen molar-refractivity contribution in [3.8, 4) is 0 Å². The summed E-state index contributed by atoms with van der Waals surface area (Å²) in [5.74, 6) is -1.67. The highest BCUT2D eigenvalue weighted by Crippen LogP contribution is 2.30. The first-order chi connectivity index (χ1) is 9.95. The third-order valence-corrected chi connectivity index (χ3v) is 3.49. The van der Waals surface area contributed by atoms with Crippen LogP contribution in [0.4, 0.5) is 4.39 Å². The molecule has 0 saturated heterocycles. The Kier molecular flexibility index (Phi) is 4.96. The van der Waals surface area contributed by atoms with Crippen molar-refractivity contribution in [2.24, 2.45) is 5.92 Å². The summed E-state index contributed by atoms with van der Waals surface area (Å²) in [6.07, 6.45) is 5.02. The van der Waals surface area contributed by atoms with Crippen LogP contribution in [0.15, 0.2) is 30.4 Å². The molecule has 1 amide bonds. The SMILES string of the molecule is O=C(O)C[C@@H](NC(=O)/C=C/C1CC1)c1ccc(Cl)c(F)c1. The highest BCUT2D eigenvalue weighted by molar-refractivity contribution is 6.30. The maximum atomic E-state index is 13.5. The standard InChI is InChI=1S/C15H15ClFNO3/c16-11-5-4-10(7-12(11)17)13(8-15(20)21)18-14(19)6-3-9-1-2-9/h3-7,9,13H,1-2,8H2,(H,18,19)(H,20,21)/b6-3+/t13-/m1/s1. The molecule has 0 spiro atoms. The Morgan fingerprint density at radius 3 is 2.76 bits per heavy atom. The first-order valence-electron chi connectivity index (χ1n) is 6.61. The van der Waals surface area contributed by atoms with E-state index >= 15 is 0 Å². The molecule has 0 radical (unpaired) electrons. The van der Waals surface area contributed by atoms with Crippen molar-refractivity contribution < 1.29 is 19.1 Å². The molecule has 1 aromatic rings. The molecule has 112 valence electrons. The zero-order chi connectivity index (χ0) is 15.4. The fourth-order valence-electron chi connectivity index (χ4n) is 1.89. The second-order valence-corrected chi connectivity index (χ2v) is 5.44. The summed E-state index contributed by atoms with van der Waals surface area (Å²) in [6.45, 7) is 0. The molecule has 1 aliphatic carbocycles. The molecular formula is C15H15ClFNO3. The summed E-state index contributed by atoms with van der Waals surface area (Å²) in [5.41, 5.74) is 0.368. The fourth-order valence-corrected chi connectivity index (χ4v) is 2.01. The summed E-state index contributed by atoms with van der Waals surface area (Å²) < 4.78 is 13.5. The molecule has 1 aliphatic rings. The van der Waals surface area contributed by atoms with Gasteiger partial charge in [0.2, 0.25) is 5.91 Å². The summed E-state index contributed by atoms with van der Waals surface area (Å²) in [7, 11) is 0. The van der Waals surface area contributed by atoms with Crippen LogP contribution in [0.5, 0.6) is 0 Å². The molecule has 1 fully saturated rings. The summed E-state index contributed by atoms with van der Waals surface area (Å²) >= 11 is 5.60. The highest BCUT2D eigenvalue weighted by atomic mass is 35.5. The highest BCUT2D eigenvalue weighted by Gasteiger charge is 2.20. The summed E-state index contributed by atoms with van der Waals surface area (Å²) in [6, 6.07) is 3.18. The Hall–Kier alpha value is -1.88. The van der Waals surface area contributed by atoms with E-state index in [1.807, 2.05) is 0 Å². The molecule has 0 bridgehead atoms. The van der Waals surface area contributed by atoms with Crippen LogP contribution in [0.1, 0.15) is 30.9 Å². The van der Waals surface area contributed by atoms with E-state index in [9.17, 15) is 14.0 Å². The predicted molar refractivity (Wildman–Crippen MR) is 76.4 cm³/mol.